The SMILES string of the molecule is O=C(Nc1cc(Cl)ccc1N1CCOCC1)N1CCN(CCc2ccccc2)CC1. The van der Waals surface area contributed by atoms with Gasteiger partial charge in [0.2, 0.25) is 0 Å². The summed E-state index contributed by atoms with van der Waals surface area (Å²) in [5.41, 5.74) is 3.12. The molecule has 2 saturated heterocycles. The Hall–Kier alpha value is -2.28. The Morgan fingerprint density at radius 3 is 2.43 bits per heavy atom. The van der Waals surface area contributed by atoms with E-state index in [1.807, 2.05) is 29.2 Å². The van der Waals surface area contributed by atoms with Crippen LogP contribution in [0.4, 0.5) is 16.2 Å². The lowest BCUT2D eigenvalue weighted by molar-refractivity contribution is 0.123. The first-order chi connectivity index (χ1) is 14.7. The molecule has 160 valence electrons. The second-order valence-corrected chi connectivity index (χ2v) is 8.19. The first-order valence-electron chi connectivity index (χ1n) is 10.6. The van der Waals surface area contributed by atoms with Crippen molar-refractivity contribution >= 4 is 29.0 Å². The lowest BCUT2D eigenvalue weighted by atomic mass is 10.1. The maximum absolute atomic E-state index is 12.9. The van der Waals surface area contributed by atoms with Crippen LogP contribution in [-0.2, 0) is 11.2 Å². The minimum Gasteiger partial charge on any atom is -0.378 e. The number of carbonyl (C=O) groups is 1. The van der Waals surface area contributed by atoms with Crippen LogP contribution in [0.3, 0.4) is 0 Å². The van der Waals surface area contributed by atoms with Gasteiger partial charge in [-0.2, -0.15) is 0 Å². The lowest BCUT2D eigenvalue weighted by Crippen LogP contribution is -2.50. The van der Waals surface area contributed by atoms with Crippen molar-refractivity contribution in [3.8, 4) is 0 Å². The standard InChI is InChI=1S/C23H29ClN4O2/c24-20-6-7-22(27-14-16-30-17-15-27)21(18-20)25-23(29)28-12-10-26(11-13-28)9-8-19-4-2-1-3-5-19/h1-7,18H,8-17H2,(H,25,29). The van der Waals surface area contributed by atoms with Crippen LogP contribution < -0.4 is 10.2 Å². The van der Waals surface area contributed by atoms with Gasteiger partial charge in [0, 0.05) is 50.8 Å². The topological polar surface area (TPSA) is 48.1 Å². The maximum Gasteiger partial charge on any atom is 0.321 e. The van der Waals surface area contributed by atoms with E-state index in [0.29, 0.717) is 18.2 Å². The van der Waals surface area contributed by atoms with Crippen molar-refractivity contribution in [2.24, 2.45) is 0 Å². The van der Waals surface area contributed by atoms with E-state index in [-0.39, 0.29) is 6.03 Å². The highest BCUT2D eigenvalue weighted by Gasteiger charge is 2.23. The van der Waals surface area contributed by atoms with Crippen molar-refractivity contribution in [2.75, 3.05) is 69.2 Å². The van der Waals surface area contributed by atoms with Gasteiger partial charge >= 0.3 is 6.03 Å². The quantitative estimate of drug-likeness (QED) is 0.790. The highest BCUT2D eigenvalue weighted by molar-refractivity contribution is 6.31. The molecule has 1 N–H and O–H groups in total. The first kappa shape index (κ1) is 21.0. The zero-order valence-electron chi connectivity index (χ0n) is 17.2. The van der Waals surface area contributed by atoms with Crippen LogP contribution >= 0.6 is 11.6 Å². The van der Waals surface area contributed by atoms with E-state index in [1.54, 1.807) is 0 Å². The van der Waals surface area contributed by atoms with Crippen LogP contribution in [0, 0.1) is 0 Å². The molecule has 7 heteroatoms. The third-order valence-electron chi connectivity index (χ3n) is 5.77. The van der Waals surface area contributed by atoms with Crippen molar-refractivity contribution in [1.29, 1.82) is 0 Å². The number of urea groups is 1. The molecule has 0 saturated carbocycles. The molecule has 2 aliphatic heterocycles. The molecule has 2 amide bonds. The van der Waals surface area contributed by atoms with Gasteiger partial charge < -0.3 is 19.9 Å². The van der Waals surface area contributed by atoms with Crippen LogP contribution in [0.1, 0.15) is 5.56 Å². The van der Waals surface area contributed by atoms with E-state index in [9.17, 15) is 4.79 Å². The highest BCUT2D eigenvalue weighted by Crippen LogP contribution is 2.30. The first-order valence-corrected chi connectivity index (χ1v) is 11.0. The molecule has 6 nitrogen and oxygen atoms in total. The van der Waals surface area contributed by atoms with Gasteiger partial charge in [0.25, 0.3) is 0 Å². The minimum absolute atomic E-state index is 0.0607. The number of carbonyl (C=O) groups excluding carboxylic acids is 1. The van der Waals surface area contributed by atoms with Crippen molar-refractivity contribution in [1.82, 2.24) is 9.80 Å². The van der Waals surface area contributed by atoms with Crippen molar-refractivity contribution in [3.63, 3.8) is 0 Å². The average Bonchev–Trinajstić information content (AvgIpc) is 2.79. The number of morpholine rings is 1. The lowest BCUT2D eigenvalue weighted by Gasteiger charge is -2.35. The summed E-state index contributed by atoms with van der Waals surface area (Å²) in [7, 11) is 0. The van der Waals surface area contributed by atoms with Crippen LogP contribution in [0.5, 0.6) is 0 Å². The Bertz CT molecular complexity index is 834. The summed E-state index contributed by atoms with van der Waals surface area (Å²) in [5, 5.41) is 3.71. The molecule has 30 heavy (non-hydrogen) atoms. The normalized spacial score (nSPS) is 17.8. The molecule has 2 fully saturated rings. The molecule has 0 unspecified atom stereocenters. The van der Waals surface area contributed by atoms with Crippen molar-refractivity contribution in [2.45, 2.75) is 6.42 Å². The summed E-state index contributed by atoms with van der Waals surface area (Å²) in [6.45, 7) is 7.28. The summed E-state index contributed by atoms with van der Waals surface area (Å²) in [5.74, 6) is 0. The molecule has 0 aromatic heterocycles. The molecule has 0 aliphatic carbocycles. The number of halogens is 1. The molecule has 4 rings (SSSR count). The van der Waals surface area contributed by atoms with E-state index in [0.717, 1.165) is 63.6 Å². The Morgan fingerprint density at radius 2 is 1.70 bits per heavy atom. The number of hydrogen-bond acceptors (Lipinski definition) is 4. The predicted octanol–water partition coefficient (Wildman–Crippen LogP) is 3.57. The molecule has 0 radical (unpaired) electrons. The molecular formula is C23H29ClN4O2. The largest absolute Gasteiger partial charge is 0.378 e. The Labute approximate surface area is 183 Å². The van der Waals surface area contributed by atoms with E-state index in [1.165, 1.54) is 5.56 Å². The molecule has 0 bridgehead atoms. The Kier molecular flexibility index (Phi) is 7.10. The minimum atomic E-state index is -0.0607. The van der Waals surface area contributed by atoms with Crippen LogP contribution in [-0.4, -0.2) is 74.9 Å². The van der Waals surface area contributed by atoms with Crippen molar-refractivity contribution in [3.05, 3.63) is 59.1 Å². The summed E-state index contributed by atoms with van der Waals surface area (Å²) < 4.78 is 5.45. The summed E-state index contributed by atoms with van der Waals surface area (Å²) in [4.78, 5) is 19.5. The second-order valence-electron chi connectivity index (χ2n) is 7.76. The number of rotatable bonds is 5. The summed E-state index contributed by atoms with van der Waals surface area (Å²) >= 11 is 6.21. The number of amides is 2. The Balaban J connectivity index is 1.31. The van der Waals surface area contributed by atoms with Gasteiger partial charge in [0.1, 0.15) is 0 Å². The number of nitrogens with one attached hydrogen (secondary N) is 1. The Morgan fingerprint density at radius 1 is 0.967 bits per heavy atom. The van der Waals surface area contributed by atoms with E-state index >= 15 is 0 Å². The van der Waals surface area contributed by atoms with Gasteiger partial charge in [-0.3, -0.25) is 4.90 Å². The summed E-state index contributed by atoms with van der Waals surface area (Å²) in [6.07, 6.45) is 1.04. The van der Waals surface area contributed by atoms with Gasteiger partial charge in [0.05, 0.1) is 24.6 Å². The fourth-order valence-electron chi connectivity index (χ4n) is 3.99. The van der Waals surface area contributed by atoms with E-state index in [2.05, 4.69) is 39.4 Å². The zero-order valence-corrected chi connectivity index (χ0v) is 18.0. The fraction of sp³-hybridized carbons (Fsp3) is 0.435. The maximum atomic E-state index is 12.9. The third kappa shape index (κ3) is 5.45. The molecular weight excluding hydrogens is 400 g/mol. The molecule has 2 aliphatic rings. The van der Waals surface area contributed by atoms with E-state index < -0.39 is 0 Å². The predicted molar refractivity (Wildman–Crippen MR) is 122 cm³/mol. The molecule has 2 aromatic rings. The van der Waals surface area contributed by atoms with Crippen LogP contribution in [0.15, 0.2) is 48.5 Å². The molecule has 0 atom stereocenters. The number of nitrogens with zero attached hydrogens (tertiary/aromatic N) is 3. The zero-order chi connectivity index (χ0) is 20.8. The number of benzene rings is 2. The highest BCUT2D eigenvalue weighted by atomic mass is 35.5. The number of hydrogen-bond donors (Lipinski definition) is 1. The van der Waals surface area contributed by atoms with Gasteiger partial charge in [-0.25, -0.2) is 4.79 Å². The van der Waals surface area contributed by atoms with Crippen LogP contribution in [0.2, 0.25) is 5.02 Å². The van der Waals surface area contributed by atoms with Crippen molar-refractivity contribution < 1.29 is 9.53 Å². The third-order valence-corrected chi connectivity index (χ3v) is 6.01. The van der Waals surface area contributed by atoms with Gasteiger partial charge in [-0.1, -0.05) is 41.9 Å². The van der Waals surface area contributed by atoms with Crippen LogP contribution in [0.25, 0.3) is 0 Å². The smallest absolute Gasteiger partial charge is 0.321 e. The molecule has 0 spiro atoms. The number of anilines is 2. The van der Waals surface area contributed by atoms with Gasteiger partial charge in [0.15, 0.2) is 0 Å². The molecule has 2 aromatic carbocycles. The van der Waals surface area contributed by atoms with Gasteiger partial charge in [-0.15, -0.1) is 0 Å². The number of piperazine rings is 1. The van der Waals surface area contributed by atoms with Gasteiger partial charge in [-0.05, 0) is 30.2 Å². The molecule has 2 heterocycles. The van der Waals surface area contributed by atoms with E-state index in [4.69, 9.17) is 16.3 Å². The fourth-order valence-corrected chi connectivity index (χ4v) is 4.16. The summed E-state index contributed by atoms with van der Waals surface area (Å²) in [6, 6.07) is 16.2. The average molecular weight is 429 g/mol. The monoisotopic (exact) mass is 428 g/mol. The second kappa shape index (κ2) is 10.2. The number of ether oxygens (including phenoxy) is 1.